The summed E-state index contributed by atoms with van der Waals surface area (Å²) in [5.41, 5.74) is 5.98. The van der Waals surface area contributed by atoms with Crippen LogP contribution in [0.25, 0.3) is 0 Å². The van der Waals surface area contributed by atoms with Crippen molar-refractivity contribution in [2.45, 2.75) is 25.3 Å². The van der Waals surface area contributed by atoms with Crippen LogP contribution in [0, 0.1) is 0 Å². The van der Waals surface area contributed by atoms with Gasteiger partial charge in [-0.05, 0) is 31.5 Å². The molecule has 1 atom stereocenters. The van der Waals surface area contributed by atoms with Crippen molar-refractivity contribution in [3.63, 3.8) is 0 Å². The van der Waals surface area contributed by atoms with Gasteiger partial charge in [-0.3, -0.25) is 34.2 Å². The van der Waals surface area contributed by atoms with Gasteiger partial charge in [0.15, 0.2) is 0 Å². The van der Waals surface area contributed by atoms with Gasteiger partial charge in [-0.25, -0.2) is 0 Å². The summed E-state index contributed by atoms with van der Waals surface area (Å²) in [5.74, 6) is -2.59. The molecule has 0 aromatic heterocycles. The number of hydrogen-bond acceptors (Lipinski definition) is 7. The number of fused-ring (bicyclic) bond motifs is 1. The first-order valence-corrected chi connectivity index (χ1v) is 8.99. The molecule has 1 saturated heterocycles. The first-order valence-electron chi connectivity index (χ1n) is 8.99. The van der Waals surface area contributed by atoms with E-state index >= 15 is 0 Å². The Labute approximate surface area is 173 Å². The zero-order chi connectivity index (χ0) is 20.3. The van der Waals surface area contributed by atoms with Crippen LogP contribution in [0.4, 0.5) is 5.69 Å². The Balaban J connectivity index is 0.00000300. The Morgan fingerprint density at radius 2 is 1.97 bits per heavy atom. The van der Waals surface area contributed by atoms with Crippen LogP contribution in [0.3, 0.4) is 0 Å². The normalized spacial score (nSPS) is 18.1. The van der Waals surface area contributed by atoms with Crippen LogP contribution in [-0.2, 0) is 14.4 Å². The predicted octanol–water partition coefficient (Wildman–Crippen LogP) is -0.614. The summed E-state index contributed by atoms with van der Waals surface area (Å²) in [5, 5.41) is 7.70. The summed E-state index contributed by atoms with van der Waals surface area (Å²) in [6.45, 7) is 0.832. The summed E-state index contributed by atoms with van der Waals surface area (Å²) >= 11 is 0. The molecule has 10 nitrogen and oxygen atoms in total. The molecule has 2 aliphatic rings. The van der Waals surface area contributed by atoms with E-state index in [-0.39, 0.29) is 48.8 Å². The maximum atomic E-state index is 12.9. The largest absolute Gasteiger partial charge is 0.375 e. The molecular weight excluding hydrogens is 402 g/mol. The highest BCUT2D eigenvalue weighted by Crippen LogP contribution is 2.32. The maximum Gasteiger partial charge on any atom is 0.264 e. The van der Waals surface area contributed by atoms with Gasteiger partial charge in [0.05, 0.1) is 17.7 Å². The van der Waals surface area contributed by atoms with Gasteiger partial charge in [-0.15, -0.1) is 12.4 Å². The van der Waals surface area contributed by atoms with Crippen molar-refractivity contribution in [1.82, 2.24) is 15.5 Å². The second-order valence-corrected chi connectivity index (χ2v) is 6.52. The molecule has 1 aromatic carbocycles. The van der Waals surface area contributed by atoms with Crippen molar-refractivity contribution >= 4 is 47.6 Å². The molecule has 11 heteroatoms. The number of nitrogens with zero attached hydrogens (tertiary/aromatic N) is 1. The van der Waals surface area contributed by atoms with Crippen molar-refractivity contribution in [1.29, 1.82) is 0 Å². The van der Waals surface area contributed by atoms with Gasteiger partial charge >= 0.3 is 0 Å². The lowest BCUT2D eigenvalue weighted by molar-refractivity contribution is -0.136. The van der Waals surface area contributed by atoms with E-state index < -0.39 is 29.7 Å². The number of carbonyl (C=O) groups excluding carboxylic acids is 5. The van der Waals surface area contributed by atoms with Gasteiger partial charge in [0.25, 0.3) is 11.8 Å². The number of piperidine rings is 1. The SMILES string of the molecule is Cl.NCCCNC(=O)CNc1cccc2c1C(=O)N(C1CCC(=O)NC1=O)C2=O. The fourth-order valence-corrected chi connectivity index (χ4v) is 3.23. The lowest BCUT2D eigenvalue weighted by Gasteiger charge is -2.27. The summed E-state index contributed by atoms with van der Waals surface area (Å²) in [7, 11) is 0. The average molecular weight is 424 g/mol. The lowest BCUT2D eigenvalue weighted by Crippen LogP contribution is -2.54. The topological polar surface area (TPSA) is 151 Å². The molecule has 2 heterocycles. The summed E-state index contributed by atoms with van der Waals surface area (Å²) in [6.07, 6.45) is 0.792. The number of imide groups is 2. The smallest absolute Gasteiger partial charge is 0.264 e. The van der Waals surface area contributed by atoms with Crippen molar-refractivity contribution in [2.75, 3.05) is 25.0 Å². The van der Waals surface area contributed by atoms with Gasteiger partial charge in [0, 0.05) is 18.7 Å². The zero-order valence-corrected chi connectivity index (χ0v) is 16.3. The fourth-order valence-electron chi connectivity index (χ4n) is 3.23. The van der Waals surface area contributed by atoms with Gasteiger partial charge < -0.3 is 16.4 Å². The number of nitrogens with one attached hydrogen (secondary N) is 3. The number of halogens is 1. The van der Waals surface area contributed by atoms with E-state index in [9.17, 15) is 24.0 Å². The molecule has 5 N–H and O–H groups in total. The number of hydrogen-bond donors (Lipinski definition) is 4. The monoisotopic (exact) mass is 423 g/mol. The third kappa shape index (κ3) is 4.54. The highest BCUT2D eigenvalue weighted by Gasteiger charge is 2.45. The molecule has 2 aliphatic heterocycles. The van der Waals surface area contributed by atoms with Crippen LogP contribution >= 0.6 is 12.4 Å². The Morgan fingerprint density at radius 3 is 2.66 bits per heavy atom. The number of amides is 5. The maximum absolute atomic E-state index is 12.9. The minimum Gasteiger partial charge on any atom is -0.375 e. The second-order valence-electron chi connectivity index (χ2n) is 6.52. The molecule has 1 unspecified atom stereocenters. The molecule has 3 rings (SSSR count). The van der Waals surface area contributed by atoms with E-state index in [4.69, 9.17) is 5.73 Å². The molecule has 156 valence electrons. The van der Waals surface area contributed by atoms with Gasteiger partial charge in [0.1, 0.15) is 6.04 Å². The second kappa shape index (κ2) is 9.48. The van der Waals surface area contributed by atoms with Crippen LogP contribution in [0.15, 0.2) is 18.2 Å². The van der Waals surface area contributed by atoms with E-state index in [1.54, 1.807) is 12.1 Å². The summed E-state index contributed by atoms with van der Waals surface area (Å²) in [6, 6.07) is 3.64. The Hall–Kier alpha value is -2.98. The third-order valence-electron chi connectivity index (χ3n) is 4.61. The molecule has 0 saturated carbocycles. The first kappa shape index (κ1) is 22.3. The molecule has 0 bridgehead atoms. The number of benzene rings is 1. The minimum absolute atomic E-state index is 0. The zero-order valence-electron chi connectivity index (χ0n) is 15.5. The van der Waals surface area contributed by atoms with Crippen LogP contribution in [-0.4, -0.2) is 60.1 Å². The standard InChI is InChI=1S/C18H21N5O5.ClH/c19-7-2-8-20-14(25)9-21-11-4-1-3-10-15(11)18(28)23(17(10)27)12-5-6-13(24)22-16(12)26;/h1,3-4,12,21H,2,5-9,19H2,(H,20,25)(H,22,24,26);1H. The predicted molar refractivity (Wildman–Crippen MR) is 106 cm³/mol. The number of anilines is 1. The molecule has 0 spiro atoms. The molecule has 0 aliphatic carbocycles. The van der Waals surface area contributed by atoms with Gasteiger partial charge in [0.2, 0.25) is 17.7 Å². The quantitative estimate of drug-likeness (QED) is 0.337. The number of rotatable bonds is 7. The Kier molecular flexibility index (Phi) is 7.29. The molecule has 5 amide bonds. The Bertz CT molecular complexity index is 859. The average Bonchev–Trinajstić information content (AvgIpc) is 2.92. The number of nitrogens with two attached hydrogens (primary N) is 1. The van der Waals surface area contributed by atoms with E-state index in [0.29, 0.717) is 25.2 Å². The molecule has 29 heavy (non-hydrogen) atoms. The molecule has 1 aromatic rings. The van der Waals surface area contributed by atoms with Crippen LogP contribution < -0.4 is 21.7 Å². The Morgan fingerprint density at radius 1 is 1.21 bits per heavy atom. The van der Waals surface area contributed by atoms with Crippen LogP contribution in [0.1, 0.15) is 40.0 Å². The molecule has 1 fully saturated rings. The summed E-state index contributed by atoms with van der Waals surface area (Å²) < 4.78 is 0. The van der Waals surface area contributed by atoms with E-state index in [1.165, 1.54) is 6.07 Å². The van der Waals surface area contributed by atoms with E-state index in [1.807, 2.05) is 0 Å². The molecular formula is C18H22ClN5O5. The van der Waals surface area contributed by atoms with Crippen molar-refractivity contribution in [2.24, 2.45) is 5.73 Å². The van der Waals surface area contributed by atoms with Crippen LogP contribution in [0.2, 0.25) is 0 Å². The number of carbonyl (C=O) groups is 5. The van der Waals surface area contributed by atoms with Crippen molar-refractivity contribution in [3.8, 4) is 0 Å². The van der Waals surface area contributed by atoms with Gasteiger partial charge in [-0.2, -0.15) is 0 Å². The van der Waals surface area contributed by atoms with Crippen LogP contribution in [0.5, 0.6) is 0 Å². The highest BCUT2D eigenvalue weighted by molar-refractivity contribution is 6.25. The van der Waals surface area contributed by atoms with Crippen molar-refractivity contribution < 1.29 is 24.0 Å². The highest BCUT2D eigenvalue weighted by atomic mass is 35.5. The van der Waals surface area contributed by atoms with Gasteiger partial charge in [-0.1, -0.05) is 6.07 Å². The first-order chi connectivity index (χ1) is 13.4. The summed E-state index contributed by atoms with van der Waals surface area (Å²) in [4.78, 5) is 61.8. The third-order valence-corrected chi connectivity index (χ3v) is 4.61. The van der Waals surface area contributed by atoms with E-state index in [2.05, 4.69) is 16.0 Å². The molecule has 0 radical (unpaired) electrons. The van der Waals surface area contributed by atoms with Crippen molar-refractivity contribution in [3.05, 3.63) is 29.3 Å². The minimum atomic E-state index is -1.03. The fraction of sp³-hybridized carbons (Fsp3) is 0.389. The van der Waals surface area contributed by atoms with E-state index in [0.717, 1.165) is 4.90 Å². The lowest BCUT2D eigenvalue weighted by atomic mass is 10.0.